The quantitative estimate of drug-likeness (QED) is 0.196. The summed E-state index contributed by atoms with van der Waals surface area (Å²) in [6.45, 7) is 4.45. The van der Waals surface area contributed by atoms with Crippen LogP contribution in [0, 0.1) is 6.92 Å². The van der Waals surface area contributed by atoms with E-state index in [9.17, 15) is 52.7 Å². The lowest BCUT2D eigenvalue weighted by Crippen LogP contribution is -2.47. The minimum Gasteiger partial charge on any atom is -0.449 e. The Balaban J connectivity index is 0.000000480. The van der Waals surface area contributed by atoms with Gasteiger partial charge < -0.3 is 10.1 Å². The van der Waals surface area contributed by atoms with Gasteiger partial charge in [0.1, 0.15) is 0 Å². The standard InChI is InChI=1S/C24H23F9N2O2.C7H8O3S/c1-3-16-11-18(34-12-13-8-14(22(25,26)27)10-15(9-13)23(28,29)30)20-17(24(31,32)33)6-5-7-19(20)35(16)21(36)37-4-2;1-6-2-4-7(5-3-6)11(8,9)10/h5-10,16,18,34H,3-4,11-12H2,1-2H3;2-5H,1H3,(H,8,9,10). The molecule has 1 heterocycles. The number of nitrogens with zero attached hydrogens (tertiary/aromatic N) is 1. The third-order valence-corrected chi connectivity index (χ3v) is 8.19. The van der Waals surface area contributed by atoms with E-state index >= 15 is 0 Å². The molecule has 0 saturated carbocycles. The molecule has 264 valence electrons. The van der Waals surface area contributed by atoms with Crippen LogP contribution in [0.15, 0.2) is 65.6 Å². The maximum Gasteiger partial charge on any atom is 0.416 e. The molecule has 1 aliphatic heterocycles. The molecule has 17 heteroatoms. The number of anilines is 1. The highest BCUT2D eigenvalue weighted by Gasteiger charge is 2.43. The number of nitrogens with one attached hydrogen (secondary N) is 1. The van der Waals surface area contributed by atoms with Crippen molar-refractivity contribution in [3.8, 4) is 0 Å². The summed E-state index contributed by atoms with van der Waals surface area (Å²) in [4.78, 5) is 13.7. The zero-order chi connectivity index (χ0) is 36.2. The molecule has 1 amide bonds. The molecule has 2 N–H and O–H groups in total. The van der Waals surface area contributed by atoms with Crippen LogP contribution in [-0.2, 0) is 39.9 Å². The van der Waals surface area contributed by atoms with Crippen LogP contribution in [0.25, 0.3) is 0 Å². The van der Waals surface area contributed by atoms with E-state index in [1.165, 1.54) is 25.1 Å². The first-order valence-electron chi connectivity index (χ1n) is 14.3. The number of amides is 1. The van der Waals surface area contributed by atoms with Crippen LogP contribution in [-0.4, -0.2) is 31.7 Å². The van der Waals surface area contributed by atoms with Crippen LogP contribution in [0.5, 0.6) is 0 Å². The van der Waals surface area contributed by atoms with Gasteiger partial charge in [0.15, 0.2) is 0 Å². The first-order chi connectivity index (χ1) is 22.1. The highest BCUT2D eigenvalue weighted by Crippen LogP contribution is 2.46. The molecule has 3 aromatic rings. The Morgan fingerprint density at radius 2 is 1.46 bits per heavy atom. The Labute approximate surface area is 270 Å². The molecule has 48 heavy (non-hydrogen) atoms. The molecule has 1 aliphatic rings. The summed E-state index contributed by atoms with van der Waals surface area (Å²) in [6, 6.07) is 8.44. The third kappa shape index (κ3) is 9.63. The van der Waals surface area contributed by atoms with Gasteiger partial charge in [0.05, 0.1) is 33.9 Å². The molecule has 4 rings (SSSR count). The second-order valence-corrected chi connectivity index (χ2v) is 12.2. The fourth-order valence-electron chi connectivity index (χ4n) is 5.12. The van der Waals surface area contributed by atoms with Crippen LogP contribution in [0.2, 0.25) is 0 Å². The van der Waals surface area contributed by atoms with Crippen molar-refractivity contribution < 1.29 is 62.0 Å². The Kier molecular flexibility index (Phi) is 11.9. The van der Waals surface area contributed by atoms with Crippen molar-refractivity contribution in [2.45, 2.75) is 75.7 Å². The van der Waals surface area contributed by atoms with Crippen LogP contribution < -0.4 is 10.2 Å². The van der Waals surface area contributed by atoms with Gasteiger partial charge in [-0.15, -0.1) is 0 Å². The van der Waals surface area contributed by atoms with Crippen LogP contribution >= 0.6 is 0 Å². The number of ether oxygens (including phenoxy) is 1. The number of rotatable bonds is 6. The van der Waals surface area contributed by atoms with Gasteiger partial charge in [-0.1, -0.05) is 30.7 Å². The van der Waals surface area contributed by atoms with Crippen molar-refractivity contribution in [3.05, 3.63) is 94.0 Å². The Hall–Kier alpha value is -3.83. The zero-order valence-corrected chi connectivity index (χ0v) is 26.4. The maximum atomic E-state index is 13.9. The number of carbonyl (C=O) groups is 1. The summed E-state index contributed by atoms with van der Waals surface area (Å²) in [7, 11) is -4.02. The van der Waals surface area contributed by atoms with Gasteiger partial charge in [-0.2, -0.15) is 47.9 Å². The van der Waals surface area contributed by atoms with E-state index in [1.807, 2.05) is 6.92 Å². The van der Waals surface area contributed by atoms with Gasteiger partial charge in [-0.3, -0.25) is 9.45 Å². The van der Waals surface area contributed by atoms with Gasteiger partial charge in [0.2, 0.25) is 0 Å². The Morgan fingerprint density at radius 1 is 0.896 bits per heavy atom. The number of aryl methyl sites for hydroxylation is 1. The summed E-state index contributed by atoms with van der Waals surface area (Å²) in [6.07, 6.45) is -15.6. The first kappa shape index (κ1) is 38.6. The van der Waals surface area contributed by atoms with E-state index in [4.69, 9.17) is 9.29 Å². The molecule has 0 bridgehead atoms. The summed E-state index contributed by atoms with van der Waals surface area (Å²) in [5, 5.41) is 2.71. The van der Waals surface area contributed by atoms with Crippen LogP contribution in [0.1, 0.15) is 66.1 Å². The molecule has 0 aromatic heterocycles. The highest BCUT2D eigenvalue weighted by molar-refractivity contribution is 7.85. The average Bonchev–Trinajstić information content (AvgIpc) is 2.97. The topological polar surface area (TPSA) is 95.9 Å². The lowest BCUT2D eigenvalue weighted by Gasteiger charge is -2.41. The third-order valence-electron chi connectivity index (χ3n) is 7.32. The van der Waals surface area contributed by atoms with Crippen molar-refractivity contribution in [1.82, 2.24) is 5.32 Å². The molecule has 0 fully saturated rings. The monoisotopic (exact) mass is 714 g/mol. The largest absolute Gasteiger partial charge is 0.449 e. The fraction of sp³-hybridized carbons (Fsp3) is 0.387. The molecule has 3 aromatic carbocycles. The number of hydrogen-bond acceptors (Lipinski definition) is 5. The summed E-state index contributed by atoms with van der Waals surface area (Å²) >= 11 is 0. The molecule has 2 unspecified atom stereocenters. The van der Waals surface area contributed by atoms with E-state index in [2.05, 4.69) is 5.32 Å². The average molecular weight is 715 g/mol. The number of benzene rings is 3. The molecular formula is C31H31F9N2O5S. The number of hydrogen-bond donors (Lipinski definition) is 2. The maximum absolute atomic E-state index is 13.9. The summed E-state index contributed by atoms with van der Waals surface area (Å²) < 4.78 is 156. The molecule has 0 radical (unpaired) electrons. The van der Waals surface area contributed by atoms with Crippen LogP contribution in [0.4, 0.5) is 50.0 Å². The lowest BCUT2D eigenvalue weighted by molar-refractivity contribution is -0.143. The van der Waals surface area contributed by atoms with Gasteiger partial charge in [-0.05, 0) is 74.7 Å². The SMILES string of the molecule is CCOC(=O)N1c2cccc(C(F)(F)F)c2C(NCc2cc(C(F)(F)F)cc(C(F)(F)F)c2)CC1CC.Cc1ccc(S(=O)(=O)O)cc1. The molecule has 0 saturated heterocycles. The predicted octanol–water partition coefficient (Wildman–Crippen LogP) is 8.96. The molecule has 0 aliphatic carbocycles. The van der Waals surface area contributed by atoms with Crippen molar-refractivity contribution in [2.75, 3.05) is 11.5 Å². The minimum atomic E-state index is -5.07. The lowest BCUT2D eigenvalue weighted by atomic mass is 9.86. The fourth-order valence-corrected chi connectivity index (χ4v) is 5.60. The summed E-state index contributed by atoms with van der Waals surface area (Å²) in [5.41, 5.74) is -4.02. The van der Waals surface area contributed by atoms with Gasteiger partial charge in [-0.25, -0.2) is 4.79 Å². The van der Waals surface area contributed by atoms with Crippen molar-refractivity contribution in [3.63, 3.8) is 0 Å². The molecule has 7 nitrogen and oxygen atoms in total. The Bertz CT molecular complexity index is 1660. The smallest absolute Gasteiger partial charge is 0.416 e. The number of carbonyl (C=O) groups excluding carboxylic acids is 1. The van der Waals surface area contributed by atoms with Crippen molar-refractivity contribution in [1.29, 1.82) is 0 Å². The molecule has 2 atom stereocenters. The van der Waals surface area contributed by atoms with Gasteiger partial charge >= 0.3 is 24.6 Å². The Morgan fingerprint density at radius 3 is 1.92 bits per heavy atom. The second kappa shape index (κ2) is 14.7. The number of alkyl halides is 9. The van der Waals surface area contributed by atoms with Crippen LogP contribution in [0.3, 0.4) is 0 Å². The number of fused-ring (bicyclic) bond motifs is 1. The summed E-state index contributed by atoms with van der Waals surface area (Å²) in [5.74, 6) is 0. The van der Waals surface area contributed by atoms with E-state index < -0.39 is 75.6 Å². The van der Waals surface area contributed by atoms with Gasteiger partial charge in [0, 0.05) is 24.2 Å². The van der Waals surface area contributed by atoms with E-state index in [1.54, 1.807) is 19.1 Å². The van der Waals surface area contributed by atoms with E-state index in [0.29, 0.717) is 18.6 Å². The van der Waals surface area contributed by atoms with Crippen molar-refractivity contribution >= 4 is 21.9 Å². The normalized spacial score (nSPS) is 16.9. The molecule has 0 spiro atoms. The first-order valence-corrected chi connectivity index (χ1v) is 15.7. The van der Waals surface area contributed by atoms with E-state index in [-0.39, 0.29) is 35.2 Å². The zero-order valence-electron chi connectivity index (χ0n) is 25.6. The second-order valence-electron chi connectivity index (χ2n) is 10.7. The van der Waals surface area contributed by atoms with Gasteiger partial charge in [0.25, 0.3) is 10.1 Å². The van der Waals surface area contributed by atoms with Crippen molar-refractivity contribution in [2.24, 2.45) is 0 Å². The molecular weight excluding hydrogens is 683 g/mol. The highest BCUT2D eigenvalue weighted by atomic mass is 32.2. The predicted molar refractivity (Wildman–Crippen MR) is 157 cm³/mol. The number of halogens is 9. The van der Waals surface area contributed by atoms with E-state index in [0.717, 1.165) is 22.6 Å². The minimum absolute atomic E-state index is 0.0223.